The van der Waals surface area contributed by atoms with Crippen LogP contribution in [0.1, 0.15) is 34.6 Å². The lowest BCUT2D eigenvalue weighted by atomic mass is 10.1. The first-order valence-electron chi connectivity index (χ1n) is 11.9. The molecule has 0 unspecified atom stereocenters. The molecule has 1 fully saturated rings. The second-order valence-corrected chi connectivity index (χ2v) is 9.26. The molecule has 2 amide bonds. The Morgan fingerprint density at radius 2 is 1.67 bits per heavy atom. The SMILES string of the molecule is COc1ccc(Cl)cc1C(=O)N1CCN(c2ccc(NC(=O)c3cccc(OC(C)C)c3)cc2)CC1. The normalized spacial score (nSPS) is 13.5. The maximum Gasteiger partial charge on any atom is 0.257 e. The Labute approximate surface area is 216 Å². The number of piperazine rings is 1. The lowest BCUT2D eigenvalue weighted by Crippen LogP contribution is -2.48. The molecule has 0 atom stereocenters. The van der Waals surface area contributed by atoms with Crippen LogP contribution in [-0.4, -0.2) is 56.1 Å². The Bertz CT molecular complexity index is 1220. The average molecular weight is 508 g/mol. The van der Waals surface area contributed by atoms with Crippen LogP contribution in [0.2, 0.25) is 5.02 Å². The summed E-state index contributed by atoms with van der Waals surface area (Å²) < 4.78 is 11.0. The van der Waals surface area contributed by atoms with Crippen molar-refractivity contribution in [2.75, 3.05) is 43.5 Å². The molecule has 0 aromatic heterocycles. The molecule has 1 aliphatic heterocycles. The number of hydrogen-bond acceptors (Lipinski definition) is 5. The molecule has 1 saturated heterocycles. The number of anilines is 2. The summed E-state index contributed by atoms with van der Waals surface area (Å²) >= 11 is 6.10. The molecule has 0 bridgehead atoms. The van der Waals surface area contributed by atoms with Crippen molar-refractivity contribution in [1.29, 1.82) is 0 Å². The second kappa shape index (κ2) is 11.4. The van der Waals surface area contributed by atoms with Gasteiger partial charge < -0.3 is 24.6 Å². The molecule has 188 valence electrons. The van der Waals surface area contributed by atoms with Gasteiger partial charge in [0.2, 0.25) is 0 Å². The predicted molar refractivity (Wildman–Crippen MR) is 143 cm³/mol. The first-order chi connectivity index (χ1) is 17.3. The standard InChI is InChI=1S/C28H30ClN3O4/c1-19(2)36-24-6-4-5-20(17-24)27(33)30-22-8-10-23(11-9-22)31-13-15-32(16-14-31)28(34)25-18-21(29)7-12-26(25)35-3/h4-12,17-19H,13-16H2,1-3H3,(H,30,33). The van der Waals surface area contributed by atoms with Gasteiger partial charge in [0.1, 0.15) is 11.5 Å². The molecule has 1 heterocycles. The van der Waals surface area contributed by atoms with Crippen LogP contribution >= 0.6 is 11.6 Å². The van der Waals surface area contributed by atoms with Crippen LogP contribution in [0.15, 0.2) is 66.7 Å². The predicted octanol–water partition coefficient (Wildman–Crippen LogP) is 5.35. The van der Waals surface area contributed by atoms with Gasteiger partial charge in [-0.1, -0.05) is 17.7 Å². The molecular weight excluding hydrogens is 478 g/mol. The lowest BCUT2D eigenvalue weighted by Gasteiger charge is -2.36. The van der Waals surface area contributed by atoms with Crippen molar-refractivity contribution in [2.45, 2.75) is 20.0 Å². The molecule has 3 aromatic carbocycles. The summed E-state index contributed by atoms with van der Waals surface area (Å²) in [6.45, 7) is 6.46. The van der Waals surface area contributed by atoms with Crippen LogP contribution in [0.25, 0.3) is 0 Å². The summed E-state index contributed by atoms with van der Waals surface area (Å²) in [4.78, 5) is 29.8. The average Bonchev–Trinajstić information content (AvgIpc) is 2.88. The highest BCUT2D eigenvalue weighted by atomic mass is 35.5. The molecule has 0 saturated carbocycles. The van der Waals surface area contributed by atoms with Gasteiger partial charge in [0.25, 0.3) is 11.8 Å². The fraction of sp³-hybridized carbons (Fsp3) is 0.286. The van der Waals surface area contributed by atoms with Crippen molar-refractivity contribution in [3.05, 3.63) is 82.9 Å². The van der Waals surface area contributed by atoms with Crippen molar-refractivity contribution in [3.63, 3.8) is 0 Å². The fourth-order valence-electron chi connectivity index (χ4n) is 4.13. The van der Waals surface area contributed by atoms with Crippen molar-refractivity contribution >= 4 is 34.8 Å². The minimum atomic E-state index is -0.194. The molecule has 0 spiro atoms. The van der Waals surface area contributed by atoms with Gasteiger partial charge in [0, 0.05) is 48.1 Å². The molecule has 0 aliphatic carbocycles. The van der Waals surface area contributed by atoms with Crippen LogP contribution < -0.4 is 19.7 Å². The van der Waals surface area contributed by atoms with Crippen LogP contribution in [0.3, 0.4) is 0 Å². The number of methoxy groups -OCH3 is 1. The zero-order valence-corrected chi connectivity index (χ0v) is 21.4. The summed E-state index contributed by atoms with van der Waals surface area (Å²) in [5.41, 5.74) is 2.75. The lowest BCUT2D eigenvalue weighted by molar-refractivity contribution is 0.0743. The largest absolute Gasteiger partial charge is 0.496 e. The number of carbonyl (C=O) groups excluding carboxylic acids is 2. The maximum absolute atomic E-state index is 13.0. The molecule has 3 aromatic rings. The van der Waals surface area contributed by atoms with Gasteiger partial charge in [-0.15, -0.1) is 0 Å². The summed E-state index contributed by atoms with van der Waals surface area (Å²) in [5, 5.41) is 3.44. The number of ether oxygens (including phenoxy) is 2. The number of nitrogens with one attached hydrogen (secondary N) is 1. The Balaban J connectivity index is 1.34. The van der Waals surface area contributed by atoms with Gasteiger partial charge in [-0.25, -0.2) is 0 Å². The molecule has 8 heteroatoms. The summed E-state index contributed by atoms with van der Waals surface area (Å²) in [6, 6.07) is 19.9. The molecule has 7 nitrogen and oxygen atoms in total. The summed E-state index contributed by atoms with van der Waals surface area (Å²) in [6.07, 6.45) is 0.0375. The van der Waals surface area contributed by atoms with E-state index in [1.54, 1.807) is 37.4 Å². The van der Waals surface area contributed by atoms with E-state index in [4.69, 9.17) is 21.1 Å². The topological polar surface area (TPSA) is 71.1 Å². The van der Waals surface area contributed by atoms with Gasteiger partial charge in [-0.3, -0.25) is 9.59 Å². The van der Waals surface area contributed by atoms with E-state index in [9.17, 15) is 9.59 Å². The van der Waals surface area contributed by atoms with Crippen molar-refractivity contribution in [3.8, 4) is 11.5 Å². The third kappa shape index (κ3) is 6.10. The van der Waals surface area contributed by atoms with Gasteiger partial charge in [-0.05, 0) is 74.5 Å². The molecule has 4 rings (SSSR count). The van der Waals surface area contributed by atoms with Crippen LogP contribution in [0.4, 0.5) is 11.4 Å². The smallest absolute Gasteiger partial charge is 0.257 e. The zero-order valence-electron chi connectivity index (χ0n) is 20.7. The van der Waals surface area contributed by atoms with Crippen LogP contribution in [-0.2, 0) is 0 Å². The number of amides is 2. The van der Waals surface area contributed by atoms with Gasteiger partial charge in [0.15, 0.2) is 0 Å². The number of halogens is 1. The number of nitrogens with zero attached hydrogens (tertiary/aromatic N) is 2. The zero-order chi connectivity index (χ0) is 25.7. The number of rotatable bonds is 7. The maximum atomic E-state index is 13.0. The highest BCUT2D eigenvalue weighted by molar-refractivity contribution is 6.31. The first kappa shape index (κ1) is 25.4. The quantitative estimate of drug-likeness (QED) is 0.466. The molecule has 0 radical (unpaired) electrons. The minimum absolute atomic E-state index is 0.0375. The monoisotopic (exact) mass is 507 g/mol. The van der Waals surface area contributed by atoms with E-state index in [1.165, 1.54) is 0 Å². The fourth-order valence-corrected chi connectivity index (χ4v) is 4.30. The third-order valence-corrected chi connectivity index (χ3v) is 6.15. The number of carbonyl (C=O) groups is 2. The van der Waals surface area contributed by atoms with Gasteiger partial charge in [-0.2, -0.15) is 0 Å². The summed E-state index contributed by atoms with van der Waals surface area (Å²) in [7, 11) is 1.54. The third-order valence-electron chi connectivity index (χ3n) is 5.92. The van der Waals surface area contributed by atoms with E-state index >= 15 is 0 Å². The molecule has 1 N–H and O–H groups in total. The first-order valence-corrected chi connectivity index (χ1v) is 12.3. The van der Waals surface area contributed by atoms with E-state index in [-0.39, 0.29) is 17.9 Å². The Kier molecular flexibility index (Phi) is 8.00. The van der Waals surface area contributed by atoms with E-state index in [1.807, 2.05) is 55.1 Å². The Morgan fingerprint density at radius 1 is 0.944 bits per heavy atom. The van der Waals surface area contributed by atoms with Gasteiger partial charge in [0.05, 0.1) is 18.8 Å². The van der Waals surface area contributed by atoms with E-state index < -0.39 is 0 Å². The second-order valence-electron chi connectivity index (χ2n) is 8.82. The molecule has 36 heavy (non-hydrogen) atoms. The van der Waals surface area contributed by atoms with E-state index in [0.29, 0.717) is 59.5 Å². The highest BCUT2D eigenvalue weighted by Crippen LogP contribution is 2.26. The van der Waals surface area contributed by atoms with Gasteiger partial charge >= 0.3 is 0 Å². The van der Waals surface area contributed by atoms with Crippen molar-refractivity contribution in [1.82, 2.24) is 4.90 Å². The van der Waals surface area contributed by atoms with E-state index in [0.717, 1.165) is 5.69 Å². The van der Waals surface area contributed by atoms with Crippen LogP contribution in [0, 0.1) is 0 Å². The molecular formula is C28H30ClN3O4. The number of hydrogen-bond donors (Lipinski definition) is 1. The Hall–Kier alpha value is -3.71. The summed E-state index contributed by atoms with van der Waals surface area (Å²) in [5.74, 6) is 0.901. The highest BCUT2D eigenvalue weighted by Gasteiger charge is 2.24. The molecule has 1 aliphatic rings. The minimum Gasteiger partial charge on any atom is -0.496 e. The van der Waals surface area contributed by atoms with Crippen LogP contribution in [0.5, 0.6) is 11.5 Å². The van der Waals surface area contributed by atoms with Crippen molar-refractivity contribution < 1.29 is 19.1 Å². The number of benzene rings is 3. The van der Waals surface area contributed by atoms with Crippen molar-refractivity contribution in [2.24, 2.45) is 0 Å². The van der Waals surface area contributed by atoms with E-state index in [2.05, 4.69) is 10.2 Å². The Morgan fingerprint density at radius 3 is 2.33 bits per heavy atom.